The van der Waals surface area contributed by atoms with Crippen LogP contribution in [-0.4, -0.2) is 21.8 Å². The van der Waals surface area contributed by atoms with Crippen LogP contribution in [-0.2, 0) is 17.8 Å². The zero-order valence-corrected chi connectivity index (χ0v) is 15.8. The third-order valence-corrected chi connectivity index (χ3v) is 6.54. The monoisotopic (exact) mass is 370 g/mol. The van der Waals surface area contributed by atoms with Crippen molar-refractivity contribution in [1.82, 2.24) is 9.88 Å². The minimum Gasteiger partial charge on any atom is -0.335 e. The van der Waals surface area contributed by atoms with Gasteiger partial charge in [-0.1, -0.05) is 18.2 Å². The maximum atomic E-state index is 12.6. The summed E-state index contributed by atoms with van der Waals surface area (Å²) in [6.07, 6.45) is 5.95. The number of rotatable bonds is 8. The summed E-state index contributed by atoms with van der Waals surface area (Å²) in [6.45, 7) is 0.791. The lowest BCUT2D eigenvalue weighted by molar-refractivity contribution is -0.132. The normalized spacial score (nSPS) is 14.1. The van der Waals surface area contributed by atoms with Crippen molar-refractivity contribution in [3.8, 4) is 0 Å². The SMILES string of the molecule is O=C(CCCCc1nc2ccccc2s1)N(Cc1cccs1)C1CC1. The summed E-state index contributed by atoms with van der Waals surface area (Å²) in [6, 6.07) is 13.0. The summed E-state index contributed by atoms with van der Waals surface area (Å²) in [5.41, 5.74) is 1.09. The number of carbonyl (C=O) groups is 1. The summed E-state index contributed by atoms with van der Waals surface area (Å²) in [7, 11) is 0. The number of aryl methyl sites for hydroxylation is 1. The van der Waals surface area contributed by atoms with E-state index in [-0.39, 0.29) is 0 Å². The van der Waals surface area contributed by atoms with Crippen LogP contribution < -0.4 is 0 Å². The van der Waals surface area contributed by atoms with Crippen LogP contribution in [0, 0.1) is 0 Å². The van der Waals surface area contributed by atoms with Gasteiger partial charge in [-0.15, -0.1) is 22.7 Å². The number of hydrogen-bond acceptors (Lipinski definition) is 4. The second kappa shape index (κ2) is 7.67. The van der Waals surface area contributed by atoms with E-state index < -0.39 is 0 Å². The summed E-state index contributed by atoms with van der Waals surface area (Å²) in [4.78, 5) is 20.7. The van der Waals surface area contributed by atoms with E-state index in [1.54, 1.807) is 22.7 Å². The average molecular weight is 371 g/mol. The molecular formula is C20H22N2OS2. The van der Waals surface area contributed by atoms with Crippen LogP contribution in [0.25, 0.3) is 10.2 Å². The molecule has 0 N–H and O–H groups in total. The van der Waals surface area contributed by atoms with Gasteiger partial charge in [-0.25, -0.2) is 4.98 Å². The Morgan fingerprint density at radius 3 is 2.80 bits per heavy atom. The molecule has 0 bridgehead atoms. The number of fused-ring (bicyclic) bond motifs is 1. The predicted molar refractivity (Wildman–Crippen MR) is 105 cm³/mol. The number of nitrogens with zero attached hydrogens (tertiary/aromatic N) is 2. The van der Waals surface area contributed by atoms with Gasteiger partial charge in [-0.3, -0.25) is 4.79 Å². The van der Waals surface area contributed by atoms with Gasteiger partial charge in [0.2, 0.25) is 5.91 Å². The van der Waals surface area contributed by atoms with Gasteiger partial charge in [0.05, 0.1) is 21.8 Å². The molecule has 5 heteroatoms. The molecule has 3 nitrogen and oxygen atoms in total. The maximum Gasteiger partial charge on any atom is 0.223 e. The highest BCUT2D eigenvalue weighted by molar-refractivity contribution is 7.18. The second-order valence-electron chi connectivity index (χ2n) is 6.61. The first-order valence-corrected chi connectivity index (χ1v) is 10.7. The zero-order valence-electron chi connectivity index (χ0n) is 14.2. The molecule has 1 aromatic carbocycles. The van der Waals surface area contributed by atoms with Crippen LogP contribution in [0.2, 0.25) is 0 Å². The Kier molecular flexibility index (Phi) is 5.13. The standard InChI is InChI=1S/C20H22N2OS2/c23-20(22(15-11-12-15)14-16-6-5-13-24-16)10-4-3-9-19-21-17-7-1-2-8-18(17)25-19/h1-2,5-8,13,15H,3-4,9-12,14H2. The molecule has 1 saturated carbocycles. The molecule has 4 rings (SSSR count). The summed E-state index contributed by atoms with van der Waals surface area (Å²) in [5.74, 6) is 0.320. The van der Waals surface area contributed by atoms with E-state index in [0.29, 0.717) is 18.4 Å². The molecule has 1 aliphatic carbocycles. The van der Waals surface area contributed by atoms with Crippen molar-refractivity contribution < 1.29 is 4.79 Å². The van der Waals surface area contributed by atoms with E-state index in [2.05, 4.69) is 45.6 Å². The molecule has 0 saturated heterocycles. The van der Waals surface area contributed by atoms with E-state index in [0.717, 1.165) is 31.3 Å². The van der Waals surface area contributed by atoms with Crippen LogP contribution in [0.4, 0.5) is 0 Å². The Labute approximate surface area is 156 Å². The largest absolute Gasteiger partial charge is 0.335 e. The zero-order chi connectivity index (χ0) is 17.1. The highest BCUT2D eigenvalue weighted by Gasteiger charge is 2.32. The molecule has 0 radical (unpaired) electrons. The first-order valence-electron chi connectivity index (χ1n) is 8.96. The van der Waals surface area contributed by atoms with Crippen molar-refractivity contribution >= 4 is 38.8 Å². The van der Waals surface area contributed by atoms with Gasteiger partial charge in [0.25, 0.3) is 0 Å². The fourth-order valence-corrected chi connectivity index (χ4v) is 4.81. The van der Waals surface area contributed by atoms with E-state index >= 15 is 0 Å². The first-order chi connectivity index (χ1) is 12.3. The third kappa shape index (κ3) is 4.28. The molecular weight excluding hydrogens is 348 g/mol. The van der Waals surface area contributed by atoms with E-state index in [4.69, 9.17) is 0 Å². The minimum atomic E-state index is 0.320. The van der Waals surface area contributed by atoms with Gasteiger partial charge < -0.3 is 4.90 Å². The molecule has 1 amide bonds. The van der Waals surface area contributed by atoms with Crippen LogP contribution in [0.1, 0.15) is 42.0 Å². The Bertz CT molecular complexity index is 803. The lowest BCUT2D eigenvalue weighted by Gasteiger charge is -2.21. The molecule has 2 aromatic heterocycles. The molecule has 0 atom stereocenters. The first kappa shape index (κ1) is 16.7. The maximum absolute atomic E-state index is 12.6. The Morgan fingerprint density at radius 1 is 1.16 bits per heavy atom. The van der Waals surface area contributed by atoms with E-state index in [1.165, 1.54) is 27.4 Å². The Hall–Kier alpha value is -1.72. The second-order valence-corrected chi connectivity index (χ2v) is 8.76. The van der Waals surface area contributed by atoms with Gasteiger partial charge in [-0.2, -0.15) is 0 Å². The molecule has 1 fully saturated rings. The van der Waals surface area contributed by atoms with Crippen LogP contribution in [0.5, 0.6) is 0 Å². The van der Waals surface area contributed by atoms with Crippen LogP contribution in [0.3, 0.4) is 0 Å². The lowest BCUT2D eigenvalue weighted by atomic mass is 10.2. The Morgan fingerprint density at radius 2 is 2.04 bits per heavy atom. The quantitative estimate of drug-likeness (QED) is 0.507. The number of unbranched alkanes of at least 4 members (excludes halogenated alkanes) is 1. The van der Waals surface area contributed by atoms with Crippen LogP contribution >= 0.6 is 22.7 Å². The van der Waals surface area contributed by atoms with Crippen molar-refractivity contribution in [2.75, 3.05) is 0 Å². The molecule has 0 unspecified atom stereocenters. The lowest BCUT2D eigenvalue weighted by Crippen LogP contribution is -2.32. The minimum absolute atomic E-state index is 0.320. The number of carbonyl (C=O) groups excluding carboxylic acids is 1. The highest BCUT2D eigenvalue weighted by Crippen LogP contribution is 2.30. The summed E-state index contributed by atoms with van der Waals surface area (Å²) < 4.78 is 1.25. The van der Waals surface area contributed by atoms with Gasteiger partial charge in [-0.05, 0) is 55.7 Å². The number of thiophene rings is 1. The summed E-state index contributed by atoms with van der Waals surface area (Å²) in [5, 5.41) is 3.27. The topological polar surface area (TPSA) is 33.2 Å². The number of aromatic nitrogens is 1. The number of thiazole rings is 1. The van der Waals surface area contributed by atoms with Crippen molar-refractivity contribution in [1.29, 1.82) is 0 Å². The van der Waals surface area contributed by atoms with Gasteiger partial charge in [0.15, 0.2) is 0 Å². The predicted octanol–water partition coefficient (Wildman–Crippen LogP) is 5.26. The third-order valence-electron chi connectivity index (χ3n) is 4.58. The smallest absolute Gasteiger partial charge is 0.223 e. The van der Waals surface area contributed by atoms with Gasteiger partial charge >= 0.3 is 0 Å². The molecule has 3 aromatic rings. The number of hydrogen-bond donors (Lipinski definition) is 0. The van der Waals surface area contributed by atoms with Crippen molar-refractivity contribution in [3.05, 3.63) is 51.7 Å². The molecule has 0 spiro atoms. The molecule has 1 aliphatic rings. The van der Waals surface area contributed by atoms with Gasteiger partial charge in [0.1, 0.15) is 0 Å². The molecule has 25 heavy (non-hydrogen) atoms. The number of para-hydroxylation sites is 1. The van der Waals surface area contributed by atoms with Gasteiger partial charge in [0, 0.05) is 17.3 Å². The molecule has 0 aliphatic heterocycles. The van der Waals surface area contributed by atoms with Crippen LogP contribution in [0.15, 0.2) is 41.8 Å². The number of benzene rings is 1. The van der Waals surface area contributed by atoms with Crippen molar-refractivity contribution in [2.24, 2.45) is 0 Å². The van der Waals surface area contributed by atoms with Crippen molar-refractivity contribution in [2.45, 2.75) is 51.1 Å². The highest BCUT2D eigenvalue weighted by atomic mass is 32.1. The van der Waals surface area contributed by atoms with E-state index in [9.17, 15) is 4.79 Å². The Balaban J connectivity index is 1.26. The van der Waals surface area contributed by atoms with Crippen molar-refractivity contribution in [3.63, 3.8) is 0 Å². The fraction of sp³-hybridized carbons (Fsp3) is 0.400. The summed E-state index contributed by atoms with van der Waals surface area (Å²) >= 11 is 3.52. The average Bonchev–Trinajstić information content (AvgIpc) is 3.17. The molecule has 130 valence electrons. The fourth-order valence-electron chi connectivity index (χ4n) is 3.10. The van der Waals surface area contributed by atoms with E-state index in [1.807, 2.05) is 6.07 Å². The molecule has 2 heterocycles. The number of amides is 1.